The van der Waals surface area contributed by atoms with Crippen molar-refractivity contribution in [2.45, 2.75) is 26.3 Å². The Balaban J connectivity index is 1.66. The van der Waals surface area contributed by atoms with E-state index in [1.165, 1.54) is 34.9 Å². The Morgan fingerprint density at radius 3 is 2.66 bits per heavy atom. The Morgan fingerprint density at radius 2 is 2.00 bits per heavy atom. The number of ether oxygens (including phenoxy) is 1. The molecule has 0 radical (unpaired) electrons. The van der Waals surface area contributed by atoms with Crippen molar-refractivity contribution in [3.05, 3.63) is 75.1 Å². The molecule has 0 aliphatic rings. The molecule has 1 unspecified atom stereocenters. The van der Waals surface area contributed by atoms with Gasteiger partial charge in [0.05, 0.1) is 23.8 Å². The lowest BCUT2D eigenvalue weighted by atomic mass is 10.0. The number of amides is 1. The third-order valence-electron chi connectivity index (χ3n) is 5.41. The van der Waals surface area contributed by atoms with E-state index in [0.29, 0.717) is 26.7 Å². The van der Waals surface area contributed by atoms with Crippen molar-refractivity contribution in [1.82, 2.24) is 9.55 Å². The molecular formula is C24H22ClN3O3S. The maximum absolute atomic E-state index is 13.4. The van der Waals surface area contributed by atoms with Gasteiger partial charge in [-0.1, -0.05) is 42.8 Å². The fourth-order valence-electron chi connectivity index (χ4n) is 3.47. The van der Waals surface area contributed by atoms with Crippen LogP contribution in [0.1, 0.15) is 25.5 Å². The van der Waals surface area contributed by atoms with Gasteiger partial charge >= 0.3 is 0 Å². The van der Waals surface area contributed by atoms with Crippen LogP contribution in [0, 0.1) is 0 Å². The third-order valence-corrected chi connectivity index (χ3v) is 6.59. The fraction of sp³-hybridized carbons (Fsp3) is 0.208. The Hall–Kier alpha value is -3.16. The van der Waals surface area contributed by atoms with Gasteiger partial charge < -0.3 is 10.1 Å². The molecule has 4 rings (SSSR count). The lowest BCUT2D eigenvalue weighted by Crippen LogP contribution is -2.31. The number of carbonyl (C=O) groups excluding carboxylic acids is 1. The summed E-state index contributed by atoms with van der Waals surface area (Å²) in [7, 11) is 1.52. The van der Waals surface area contributed by atoms with Crippen molar-refractivity contribution in [3.8, 4) is 16.9 Å². The number of hydrogen-bond donors (Lipinski definition) is 1. The summed E-state index contributed by atoms with van der Waals surface area (Å²) in [6, 6.07) is 12.3. The van der Waals surface area contributed by atoms with Crippen LogP contribution < -0.4 is 15.6 Å². The number of hydrogen-bond acceptors (Lipinski definition) is 5. The second-order valence-electron chi connectivity index (χ2n) is 7.35. The number of anilines is 1. The molecule has 1 atom stereocenters. The van der Waals surface area contributed by atoms with Gasteiger partial charge in [0.25, 0.3) is 5.56 Å². The van der Waals surface area contributed by atoms with Gasteiger partial charge in [-0.25, -0.2) is 4.98 Å². The number of carbonyl (C=O) groups is 1. The van der Waals surface area contributed by atoms with E-state index < -0.39 is 6.04 Å². The van der Waals surface area contributed by atoms with E-state index >= 15 is 0 Å². The van der Waals surface area contributed by atoms with E-state index in [4.69, 9.17) is 16.3 Å². The standard InChI is InChI=1S/C24H22ClN3O3S/c1-4-15-5-7-16(8-6-15)18-12-32-23-21(18)24(30)28(13-26-23)14(2)22(29)27-17-9-10-20(31-3)19(25)11-17/h5-14H,4H2,1-3H3,(H,27,29). The Kier molecular flexibility index (Phi) is 6.30. The number of fused-ring (bicyclic) bond motifs is 1. The van der Waals surface area contributed by atoms with E-state index in [1.54, 1.807) is 25.1 Å². The molecular weight excluding hydrogens is 446 g/mol. The highest BCUT2D eigenvalue weighted by Gasteiger charge is 2.20. The molecule has 6 nitrogen and oxygen atoms in total. The number of aromatic nitrogens is 2. The summed E-state index contributed by atoms with van der Waals surface area (Å²) in [5, 5.41) is 5.64. The Bertz CT molecular complexity index is 1350. The summed E-state index contributed by atoms with van der Waals surface area (Å²) < 4.78 is 6.49. The molecule has 0 spiro atoms. The molecule has 0 aliphatic heterocycles. The SMILES string of the molecule is CCc1ccc(-c2csc3ncn(C(C)C(=O)Nc4ccc(OC)c(Cl)c4)c(=O)c23)cc1. The first-order valence-corrected chi connectivity index (χ1v) is 11.4. The molecule has 2 heterocycles. The maximum Gasteiger partial charge on any atom is 0.263 e. The van der Waals surface area contributed by atoms with Crippen LogP contribution in [0.4, 0.5) is 5.69 Å². The number of nitrogens with zero attached hydrogens (tertiary/aromatic N) is 2. The summed E-state index contributed by atoms with van der Waals surface area (Å²) in [5.41, 5.74) is 3.28. The zero-order chi connectivity index (χ0) is 22.8. The molecule has 32 heavy (non-hydrogen) atoms. The van der Waals surface area contributed by atoms with Crippen LogP contribution in [0.5, 0.6) is 5.75 Å². The number of rotatable bonds is 6. The van der Waals surface area contributed by atoms with Crippen LogP contribution in [-0.4, -0.2) is 22.6 Å². The van der Waals surface area contributed by atoms with Crippen LogP contribution in [0.25, 0.3) is 21.3 Å². The molecule has 8 heteroatoms. The van der Waals surface area contributed by atoms with Gasteiger partial charge in [-0.3, -0.25) is 14.2 Å². The minimum Gasteiger partial charge on any atom is -0.495 e. The van der Waals surface area contributed by atoms with Gasteiger partial charge in [0.2, 0.25) is 5.91 Å². The van der Waals surface area contributed by atoms with Gasteiger partial charge in [-0.2, -0.15) is 0 Å². The van der Waals surface area contributed by atoms with E-state index in [9.17, 15) is 9.59 Å². The van der Waals surface area contributed by atoms with Crippen molar-refractivity contribution in [3.63, 3.8) is 0 Å². The lowest BCUT2D eigenvalue weighted by molar-refractivity contribution is -0.118. The molecule has 0 bridgehead atoms. The zero-order valence-electron chi connectivity index (χ0n) is 17.9. The molecule has 4 aromatic rings. The predicted molar refractivity (Wildman–Crippen MR) is 130 cm³/mol. The van der Waals surface area contributed by atoms with Crippen LogP contribution in [-0.2, 0) is 11.2 Å². The van der Waals surface area contributed by atoms with Gasteiger partial charge in [0, 0.05) is 16.6 Å². The molecule has 164 valence electrons. The van der Waals surface area contributed by atoms with Crippen molar-refractivity contribution in [2.24, 2.45) is 0 Å². The zero-order valence-corrected chi connectivity index (χ0v) is 19.5. The van der Waals surface area contributed by atoms with Crippen LogP contribution >= 0.6 is 22.9 Å². The molecule has 2 aromatic heterocycles. The monoisotopic (exact) mass is 467 g/mol. The molecule has 0 fully saturated rings. The van der Waals surface area contributed by atoms with Gasteiger partial charge in [-0.15, -0.1) is 11.3 Å². The predicted octanol–water partition coefficient (Wildman–Crippen LogP) is 5.55. The van der Waals surface area contributed by atoms with Gasteiger partial charge in [0.15, 0.2) is 0 Å². The quantitative estimate of drug-likeness (QED) is 0.403. The largest absolute Gasteiger partial charge is 0.495 e. The highest BCUT2D eigenvalue weighted by atomic mass is 35.5. The first-order valence-electron chi connectivity index (χ1n) is 10.1. The third kappa shape index (κ3) is 4.13. The minimum absolute atomic E-state index is 0.249. The second-order valence-corrected chi connectivity index (χ2v) is 8.62. The minimum atomic E-state index is -0.768. The highest BCUT2D eigenvalue weighted by molar-refractivity contribution is 7.17. The molecule has 2 aromatic carbocycles. The van der Waals surface area contributed by atoms with Gasteiger partial charge in [-0.05, 0) is 42.7 Å². The van der Waals surface area contributed by atoms with Crippen molar-refractivity contribution in [2.75, 3.05) is 12.4 Å². The summed E-state index contributed by atoms with van der Waals surface area (Å²) >= 11 is 7.56. The summed E-state index contributed by atoms with van der Waals surface area (Å²) in [6.45, 7) is 3.77. The normalized spacial score (nSPS) is 12.0. The Morgan fingerprint density at radius 1 is 1.25 bits per heavy atom. The number of halogens is 1. The number of thiophene rings is 1. The van der Waals surface area contributed by atoms with E-state index in [2.05, 4.69) is 29.4 Å². The summed E-state index contributed by atoms with van der Waals surface area (Å²) in [4.78, 5) is 31.3. The summed E-state index contributed by atoms with van der Waals surface area (Å²) in [6.07, 6.45) is 2.38. The number of nitrogens with one attached hydrogen (secondary N) is 1. The number of aryl methyl sites for hydroxylation is 1. The fourth-order valence-corrected chi connectivity index (χ4v) is 4.64. The first kappa shape index (κ1) is 22.0. The van der Waals surface area contributed by atoms with E-state index in [0.717, 1.165) is 17.5 Å². The number of benzene rings is 2. The molecule has 1 amide bonds. The smallest absolute Gasteiger partial charge is 0.263 e. The molecule has 0 saturated carbocycles. The van der Waals surface area contributed by atoms with Crippen molar-refractivity contribution < 1.29 is 9.53 Å². The first-order chi connectivity index (χ1) is 15.4. The molecule has 1 N–H and O–H groups in total. The highest BCUT2D eigenvalue weighted by Crippen LogP contribution is 2.31. The Labute approximate surface area is 194 Å². The topological polar surface area (TPSA) is 73.2 Å². The van der Waals surface area contributed by atoms with Crippen molar-refractivity contribution in [1.29, 1.82) is 0 Å². The van der Waals surface area contributed by atoms with Crippen molar-refractivity contribution >= 4 is 44.7 Å². The van der Waals surface area contributed by atoms with E-state index in [-0.39, 0.29) is 11.5 Å². The van der Waals surface area contributed by atoms with Crippen LogP contribution in [0.3, 0.4) is 0 Å². The van der Waals surface area contributed by atoms with E-state index in [1.807, 2.05) is 17.5 Å². The second kappa shape index (κ2) is 9.14. The maximum atomic E-state index is 13.4. The lowest BCUT2D eigenvalue weighted by Gasteiger charge is -2.15. The average molecular weight is 468 g/mol. The average Bonchev–Trinajstić information content (AvgIpc) is 3.24. The van der Waals surface area contributed by atoms with Gasteiger partial charge in [0.1, 0.15) is 16.6 Å². The summed E-state index contributed by atoms with van der Waals surface area (Å²) in [5.74, 6) is 0.166. The number of methoxy groups -OCH3 is 1. The molecule has 0 saturated heterocycles. The van der Waals surface area contributed by atoms with Crippen LogP contribution in [0.15, 0.2) is 59.0 Å². The van der Waals surface area contributed by atoms with Crippen LogP contribution in [0.2, 0.25) is 5.02 Å². The molecule has 0 aliphatic carbocycles.